The Kier molecular flexibility index (Phi) is 5.43. The number of para-hydroxylation sites is 1. The van der Waals surface area contributed by atoms with Crippen molar-refractivity contribution in [2.45, 2.75) is 6.04 Å². The Morgan fingerprint density at radius 2 is 1.50 bits per heavy atom. The topological polar surface area (TPSA) is 35.2 Å². The summed E-state index contributed by atoms with van der Waals surface area (Å²) < 4.78 is 5.68. The van der Waals surface area contributed by atoms with Gasteiger partial charge in [-0.3, -0.25) is 0 Å². The average Bonchev–Trinajstić information content (AvgIpc) is 2.40. The van der Waals surface area contributed by atoms with Gasteiger partial charge < -0.3 is 10.5 Å². The Hall–Kier alpha value is -1.77. The molecule has 0 amide bonds. The van der Waals surface area contributed by atoms with Crippen LogP contribution in [0, 0.1) is 0 Å². The zero-order valence-corrected chi connectivity index (χ0v) is 10.8. The molecule has 0 aliphatic rings. The maximum Gasteiger partial charge on any atom is 0.127 e. The fraction of sp³-hybridized carbons (Fsp3) is 0.0667. The smallest absolute Gasteiger partial charge is 0.127 e. The highest BCUT2D eigenvalue weighted by molar-refractivity contribution is 5.85. The fourth-order valence-electron chi connectivity index (χ4n) is 1.52. The van der Waals surface area contributed by atoms with E-state index in [0.717, 1.165) is 17.1 Å². The fourth-order valence-corrected chi connectivity index (χ4v) is 1.52. The summed E-state index contributed by atoms with van der Waals surface area (Å²) >= 11 is 0. The van der Waals surface area contributed by atoms with E-state index in [2.05, 4.69) is 6.58 Å². The molecular formula is C15H16ClNO. The molecule has 0 aliphatic carbocycles. The Labute approximate surface area is 114 Å². The van der Waals surface area contributed by atoms with Gasteiger partial charge in [0, 0.05) is 6.04 Å². The van der Waals surface area contributed by atoms with Crippen LogP contribution in [0.1, 0.15) is 11.6 Å². The van der Waals surface area contributed by atoms with Crippen molar-refractivity contribution in [1.29, 1.82) is 0 Å². The maximum atomic E-state index is 5.84. The van der Waals surface area contributed by atoms with Gasteiger partial charge in [-0.25, -0.2) is 0 Å². The van der Waals surface area contributed by atoms with Gasteiger partial charge in [0.1, 0.15) is 11.5 Å². The van der Waals surface area contributed by atoms with E-state index in [4.69, 9.17) is 10.5 Å². The third-order valence-electron chi connectivity index (χ3n) is 2.50. The molecule has 2 N–H and O–H groups in total. The lowest BCUT2D eigenvalue weighted by molar-refractivity contribution is 0.482. The Bertz CT molecular complexity index is 482. The molecule has 0 fully saturated rings. The molecule has 0 saturated heterocycles. The van der Waals surface area contributed by atoms with Gasteiger partial charge in [0.25, 0.3) is 0 Å². The van der Waals surface area contributed by atoms with Gasteiger partial charge in [-0.1, -0.05) is 36.4 Å². The number of halogens is 1. The molecule has 2 aromatic carbocycles. The monoisotopic (exact) mass is 261 g/mol. The summed E-state index contributed by atoms with van der Waals surface area (Å²) in [7, 11) is 0. The summed E-state index contributed by atoms with van der Waals surface area (Å²) in [6, 6.07) is 17.3. The highest BCUT2D eigenvalue weighted by atomic mass is 35.5. The second-order valence-corrected chi connectivity index (χ2v) is 3.75. The predicted octanol–water partition coefficient (Wildman–Crippen LogP) is 4.09. The predicted molar refractivity (Wildman–Crippen MR) is 77.3 cm³/mol. The summed E-state index contributed by atoms with van der Waals surface area (Å²) in [5.74, 6) is 1.63. The first-order valence-electron chi connectivity index (χ1n) is 5.50. The first-order chi connectivity index (χ1) is 8.29. The van der Waals surface area contributed by atoms with E-state index < -0.39 is 0 Å². The van der Waals surface area contributed by atoms with E-state index in [1.165, 1.54) is 0 Å². The molecule has 0 radical (unpaired) electrons. The molecule has 0 spiro atoms. The SMILES string of the molecule is C=C[C@@H](N)c1ccc(Oc2ccccc2)cc1.Cl. The van der Waals surface area contributed by atoms with E-state index in [0.29, 0.717) is 0 Å². The molecule has 0 heterocycles. The molecule has 18 heavy (non-hydrogen) atoms. The highest BCUT2D eigenvalue weighted by Gasteiger charge is 2.01. The van der Waals surface area contributed by atoms with Crippen LogP contribution in [0.5, 0.6) is 11.5 Å². The number of rotatable bonds is 4. The van der Waals surface area contributed by atoms with E-state index in [-0.39, 0.29) is 18.4 Å². The molecule has 0 aromatic heterocycles. The van der Waals surface area contributed by atoms with Gasteiger partial charge in [0.15, 0.2) is 0 Å². The normalized spacial score (nSPS) is 11.2. The average molecular weight is 262 g/mol. The van der Waals surface area contributed by atoms with Gasteiger partial charge in [-0.2, -0.15) is 0 Å². The minimum Gasteiger partial charge on any atom is -0.457 e. The summed E-state index contributed by atoms with van der Waals surface area (Å²) in [4.78, 5) is 0. The van der Waals surface area contributed by atoms with Gasteiger partial charge in [0.2, 0.25) is 0 Å². The Morgan fingerprint density at radius 3 is 2.06 bits per heavy atom. The summed E-state index contributed by atoms with van der Waals surface area (Å²) in [6.07, 6.45) is 1.72. The van der Waals surface area contributed by atoms with Crippen LogP contribution in [0.3, 0.4) is 0 Å². The van der Waals surface area contributed by atoms with Crippen LogP contribution in [0.15, 0.2) is 67.3 Å². The van der Waals surface area contributed by atoms with Crippen LogP contribution < -0.4 is 10.5 Å². The molecule has 94 valence electrons. The lowest BCUT2D eigenvalue weighted by Gasteiger charge is -2.09. The van der Waals surface area contributed by atoms with Crippen molar-refractivity contribution < 1.29 is 4.74 Å². The van der Waals surface area contributed by atoms with Crippen LogP contribution >= 0.6 is 12.4 Å². The molecule has 3 heteroatoms. The lowest BCUT2D eigenvalue weighted by Crippen LogP contribution is -2.05. The van der Waals surface area contributed by atoms with Crippen molar-refractivity contribution in [3.63, 3.8) is 0 Å². The van der Waals surface area contributed by atoms with Gasteiger partial charge >= 0.3 is 0 Å². The van der Waals surface area contributed by atoms with Crippen LogP contribution in [0.25, 0.3) is 0 Å². The van der Waals surface area contributed by atoms with Crippen molar-refractivity contribution in [2.75, 3.05) is 0 Å². The molecule has 2 rings (SSSR count). The summed E-state index contributed by atoms with van der Waals surface area (Å²) in [6.45, 7) is 3.67. The third kappa shape index (κ3) is 3.62. The minimum absolute atomic E-state index is 0. The third-order valence-corrected chi connectivity index (χ3v) is 2.50. The second-order valence-electron chi connectivity index (χ2n) is 3.75. The van der Waals surface area contributed by atoms with Crippen molar-refractivity contribution in [1.82, 2.24) is 0 Å². The van der Waals surface area contributed by atoms with E-state index in [1.54, 1.807) is 6.08 Å². The number of ether oxygens (including phenoxy) is 1. The zero-order chi connectivity index (χ0) is 12.1. The first kappa shape index (κ1) is 14.3. The maximum absolute atomic E-state index is 5.84. The highest BCUT2D eigenvalue weighted by Crippen LogP contribution is 2.22. The largest absolute Gasteiger partial charge is 0.457 e. The van der Waals surface area contributed by atoms with Gasteiger partial charge in [-0.15, -0.1) is 19.0 Å². The van der Waals surface area contributed by atoms with Crippen LogP contribution in [0.2, 0.25) is 0 Å². The van der Waals surface area contributed by atoms with Crippen LogP contribution in [-0.2, 0) is 0 Å². The van der Waals surface area contributed by atoms with Crippen molar-refractivity contribution in [3.05, 3.63) is 72.8 Å². The number of hydrogen-bond acceptors (Lipinski definition) is 2. The standard InChI is InChI=1S/C15H15NO.ClH/c1-2-15(16)12-8-10-14(11-9-12)17-13-6-4-3-5-7-13;/h2-11,15H,1,16H2;1H/t15-;/m1./s1. The van der Waals surface area contributed by atoms with E-state index >= 15 is 0 Å². The van der Waals surface area contributed by atoms with E-state index in [1.807, 2.05) is 54.6 Å². The van der Waals surface area contributed by atoms with Gasteiger partial charge in [-0.05, 0) is 29.8 Å². The number of benzene rings is 2. The quantitative estimate of drug-likeness (QED) is 0.842. The molecule has 1 atom stereocenters. The Morgan fingerprint density at radius 1 is 0.944 bits per heavy atom. The first-order valence-corrected chi connectivity index (χ1v) is 5.50. The molecular weight excluding hydrogens is 246 g/mol. The molecule has 0 bridgehead atoms. The number of nitrogens with two attached hydrogens (primary N) is 1. The lowest BCUT2D eigenvalue weighted by atomic mass is 10.1. The molecule has 0 aliphatic heterocycles. The van der Waals surface area contributed by atoms with Crippen molar-refractivity contribution in [3.8, 4) is 11.5 Å². The summed E-state index contributed by atoms with van der Waals surface area (Å²) in [5, 5.41) is 0. The molecule has 0 unspecified atom stereocenters. The van der Waals surface area contributed by atoms with Crippen molar-refractivity contribution in [2.24, 2.45) is 5.73 Å². The minimum atomic E-state index is -0.124. The van der Waals surface area contributed by atoms with Gasteiger partial charge in [0.05, 0.1) is 0 Å². The number of hydrogen-bond donors (Lipinski definition) is 1. The molecule has 2 nitrogen and oxygen atoms in total. The van der Waals surface area contributed by atoms with Crippen LogP contribution in [-0.4, -0.2) is 0 Å². The van der Waals surface area contributed by atoms with Crippen LogP contribution in [0.4, 0.5) is 0 Å². The second kappa shape index (κ2) is 6.84. The van der Waals surface area contributed by atoms with Crippen molar-refractivity contribution >= 4 is 12.4 Å². The summed E-state index contributed by atoms with van der Waals surface area (Å²) in [5.41, 5.74) is 6.87. The van der Waals surface area contributed by atoms with E-state index in [9.17, 15) is 0 Å². The Balaban J connectivity index is 0.00000162. The molecule has 2 aromatic rings. The molecule has 0 saturated carbocycles. The zero-order valence-electron chi connectivity index (χ0n) is 9.95.